The van der Waals surface area contributed by atoms with Crippen LogP contribution in [0, 0.1) is 5.82 Å². The maximum absolute atomic E-state index is 12.9. The lowest BCUT2D eigenvalue weighted by Crippen LogP contribution is -2.48. The van der Waals surface area contributed by atoms with E-state index in [1.54, 1.807) is 19.2 Å². The first-order valence-electron chi connectivity index (χ1n) is 10.3. The Morgan fingerprint density at radius 3 is 2.52 bits per heavy atom. The molecule has 1 fully saturated rings. The molecule has 0 saturated carbocycles. The third-order valence-electron chi connectivity index (χ3n) is 5.10. The molecule has 1 aliphatic heterocycles. The van der Waals surface area contributed by atoms with Gasteiger partial charge in [0.1, 0.15) is 11.6 Å². The number of benzene rings is 2. The standard InChI is InChI=1S/C23H31FN4O/c1-25-23(26-14-5-17-29-22-10-8-20(24)9-11-22)27-21-12-15-28(16-13-21)18-19-6-3-2-4-7-19/h2-4,6-11,21H,5,12-18H2,1H3,(H2,25,26,27). The normalized spacial score (nSPS) is 15.9. The third kappa shape index (κ3) is 7.38. The molecule has 29 heavy (non-hydrogen) atoms. The number of nitrogens with zero attached hydrogens (tertiary/aromatic N) is 2. The molecule has 2 aromatic carbocycles. The lowest BCUT2D eigenvalue weighted by atomic mass is 10.0. The second-order valence-electron chi connectivity index (χ2n) is 7.34. The number of rotatable bonds is 8. The molecule has 0 unspecified atom stereocenters. The molecule has 0 aliphatic carbocycles. The number of aliphatic imine (C=N–C) groups is 1. The molecule has 2 aromatic rings. The zero-order chi connectivity index (χ0) is 20.3. The van der Waals surface area contributed by atoms with Crippen molar-refractivity contribution in [2.75, 3.05) is 33.3 Å². The molecule has 0 amide bonds. The van der Waals surface area contributed by atoms with Crippen molar-refractivity contribution >= 4 is 5.96 Å². The molecule has 0 spiro atoms. The van der Waals surface area contributed by atoms with Gasteiger partial charge in [0.15, 0.2) is 5.96 Å². The molecule has 0 radical (unpaired) electrons. The van der Waals surface area contributed by atoms with Gasteiger partial charge in [-0.1, -0.05) is 30.3 Å². The van der Waals surface area contributed by atoms with Crippen molar-refractivity contribution in [2.24, 2.45) is 4.99 Å². The van der Waals surface area contributed by atoms with Gasteiger partial charge in [-0.15, -0.1) is 0 Å². The molecule has 1 heterocycles. The summed E-state index contributed by atoms with van der Waals surface area (Å²) in [7, 11) is 1.80. The number of piperidine rings is 1. The Bertz CT molecular complexity index is 743. The lowest BCUT2D eigenvalue weighted by molar-refractivity contribution is 0.198. The van der Waals surface area contributed by atoms with Crippen LogP contribution < -0.4 is 15.4 Å². The fourth-order valence-corrected chi connectivity index (χ4v) is 3.46. The summed E-state index contributed by atoms with van der Waals surface area (Å²) in [6, 6.07) is 17.2. The number of ether oxygens (including phenoxy) is 1. The molecule has 0 bridgehead atoms. The summed E-state index contributed by atoms with van der Waals surface area (Å²) < 4.78 is 18.5. The Kier molecular flexibility index (Phi) is 8.31. The molecule has 5 nitrogen and oxygen atoms in total. The van der Waals surface area contributed by atoms with Crippen LogP contribution in [0.4, 0.5) is 4.39 Å². The molecule has 2 N–H and O–H groups in total. The van der Waals surface area contributed by atoms with E-state index in [0.717, 1.165) is 51.4 Å². The van der Waals surface area contributed by atoms with Gasteiger partial charge in [0.25, 0.3) is 0 Å². The van der Waals surface area contributed by atoms with E-state index in [-0.39, 0.29) is 5.82 Å². The summed E-state index contributed by atoms with van der Waals surface area (Å²) in [5.41, 5.74) is 1.37. The van der Waals surface area contributed by atoms with Gasteiger partial charge in [-0.3, -0.25) is 9.89 Å². The number of likely N-dealkylation sites (tertiary alicyclic amines) is 1. The summed E-state index contributed by atoms with van der Waals surface area (Å²) in [5, 5.41) is 6.88. The molecule has 3 rings (SSSR count). The van der Waals surface area contributed by atoms with Gasteiger partial charge in [0.2, 0.25) is 0 Å². The molecule has 1 aliphatic rings. The first-order chi connectivity index (χ1) is 14.2. The van der Waals surface area contributed by atoms with Crippen LogP contribution in [0.25, 0.3) is 0 Å². The summed E-state index contributed by atoms with van der Waals surface area (Å²) in [5.74, 6) is 1.28. The van der Waals surface area contributed by atoms with Crippen molar-refractivity contribution in [1.29, 1.82) is 0 Å². The van der Waals surface area contributed by atoms with Crippen molar-refractivity contribution < 1.29 is 9.13 Å². The summed E-state index contributed by atoms with van der Waals surface area (Å²) in [6.07, 6.45) is 3.07. The van der Waals surface area contributed by atoms with Gasteiger partial charge >= 0.3 is 0 Å². The van der Waals surface area contributed by atoms with Crippen LogP contribution in [0.3, 0.4) is 0 Å². The van der Waals surface area contributed by atoms with Crippen LogP contribution in [0.5, 0.6) is 5.75 Å². The topological polar surface area (TPSA) is 48.9 Å². The Balaban J connectivity index is 1.29. The molecule has 0 atom stereocenters. The number of halogens is 1. The maximum Gasteiger partial charge on any atom is 0.191 e. The molecule has 6 heteroatoms. The largest absolute Gasteiger partial charge is 0.494 e. The van der Waals surface area contributed by atoms with Crippen LogP contribution in [0.15, 0.2) is 59.6 Å². The zero-order valence-electron chi connectivity index (χ0n) is 17.1. The highest BCUT2D eigenvalue weighted by Crippen LogP contribution is 2.14. The first kappa shape index (κ1) is 21.1. The number of guanidine groups is 1. The van der Waals surface area contributed by atoms with Crippen LogP contribution in [0.1, 0.15) is 24.8 Å². The predicted octanol–water partition coefficient (Wildman–Crippen LogP) is 3.42. The van der Waals surface area contributed by atoms with Crippen molar-refractivity contribution in [3.63, 3.8) is 0 Å². The minimum atomic E-state index is -0.250. The fourth-order valence-electron chi connectivity index (χ4n) is 3.46. The third-order valence-corrected chi connectivity index (χ3v) is 5.10. The maximum atomic E-state index is 12.9. The first-order valence-corrected chi connectivity index (χ1v) is 10.3. The number of hydrogen-bond donors (Lipinski definition) is 2. The van der Waals surface area contributed by atoms with Gasteiger partial charge in [0.05, 0.1) is 6.61 Å². The van der Waals surface area contributed by atoms with E-state index < -0.39 is 0 Å². The van der Waals surface area contributed by atoms with Crippen molar-refractivity contribution in [3.8, 4) is 5.75 Å². The van der Waals surface area contributed by atoms with E-state index in [0.29, 0.717) is 18.4 Å². The molecular weight excluding hydrogens is 367 g/mol. The van der Waals surface area contributed by atoms with Gasteiger partial charge in [-0.05, 0) is 49.1 Å². The van der Waals surface area contributed by atoms with E-state index in [9.17, 15) is 4.39 Å². The summed E-state index contributed by atoms with van der Waals surface area (Å²) >= 11 is 0. The highest BCUT2D eigenvalue weighted by molar-refractivity contribution is 5.79. The molecule has 0 aromatic heterocycles. The second kappa shape index (κ2) is 11.4. The quantitative estimate of drug-likeness (QED) is 0.406. The second-order valence-corrected chi connectivity index (χ2v) is 7.34. The van der Waals surface area contributed by atoms with E-state index in [2.05, 4.69) is 50.9 Å². The Morgan fingerprint density at radius 2 is 1.83 bits per heavy atom. The van der Waals surface area contributed by atoms with Crippen LogP contribution in [-0.2, 0) is 6.54 Å². The smallest absolute Gasteiger partial charge is 0.191 e. The van der Waals surface area contributed by atoms with E-state index in [1.807, 2.05) is 0 Å². The SMILES string of the molecule is CN=C(NCCCOc1ccc(F)cc1)NC1CCN(Cc2ccccc2)CC1. The average molecular weight is 399 g/mol. The Morgan fingerprint density at radius 1 is 1.10 bits per heavy atom. The minimum Gasteiger partial charge on any atom is -0.494 e. The van der Waals surface area contributed by atoms with Gasteiger partial charge in [-0.25, -0.2) is 4.39 Å². The fraction of sp³-hybridized carbons (Fsp3) is 0.435. The van der Waals surface area contributed by atoms with Gasteiger partial charge in [0, 0.05) is 39.3 Å². The zero-order valence-corrected chi connectivity index (χ0v) is 17.1. The van der Waals surface area contributed by atoms with E-state index in [4.69, 9.17) is 4.74 Å². The predicted molar refractivity (Wildman–Crippen MR) is 116 cm³/mol. The Labute approximate surface area is 173 Å². The van der Waals surface area contributed by atoms with Crippen molar-refractivity contribution in [1.82, 2.24) is 15.5 Å². The number of hydrogen-bond acceptors (Lipinski definition) is 3. The highest BCUT2D eigenvalue weighted by Gasteiger charge is 2.19. The molecule has 156 valence electrons. The van der Waals surface area contributed by atoms with Crippen molar-refractivity contribution in [2.45, 2.75) is 31.8 Å². The minimum absolute atomic E-state index is 0.250. The summed E-state index contributed by atoms with van der Waals surface area (Å²) in [6.45, 7) is 4.56. The van der Waals surface area contributed by atoms with Crippen LogP contribution in [-0.4, -0.2) is 50.2 Å². The van der Waals surface area contributed by atoms with Gasteiger partial charge in [-0.2, -0.15) is 0 Å². The number of nitrogens with one attached hydrogen (secondary N) is 2. The monoisotopic (exact) mass is 398 g/mol. The van der Waals surface area contributed by atoms with Crippen LogP contribution >= 0.6 is 0 Å². The van der Waals surface area contributed by atoms with Crippen molar-refractivity contribution in [3.05, 3.63) is 66.0 Å². The highest BCUT2D eigenvalue weighted by atomic mass is 19.1. The summed E-state index contributed by atoms with van der Waals surface area (Å²) in [4.78, 5) is 6.84. The lowest BCUT2D eigenvalue weighted by Gasteiger charge is -2.33. The molecular formula is C23H31FN4O. The van der Waals surface area contributed by atoms with Crippen LogP contribution in [0.2, 0.25) is 0 Å². The van der Waals surface area contributed by atoms with E-state index >= 15 is 0 Å². The Hall–Kier alpha value is -2.60. The van der Waals surface area contributed by atoms with E-state index in [1.165, 1.54) is 17.7 Å². The van der Waals surface area contributed by atoms with Gasteiger partial charge < -0.3 is 15.4 Å². The average Bonchev–Trinajstić information content (AvgIpc) is 2.76. The molecule has 1 saturated heterocycles.